The number of rotatable bonds is 2. The summed E-state index contributed by atoms with van der Waals surface area (Å²) in [6.07, 6.45) is 1.56. The number of hydrogen-bond acceptors (Lipinski definition) is 3. The third-order valence-electron chi connectivity index (χ3n) is 3.36. The molecule has 0 aromatic carbocycles. The van der Waals surface area contributed by atoms with E-state index in [1.54, 1.807) is 17.0 Å². The normalized spacial score (nSPS) is 16.1. The summed E-state index contributed by atoms with van der Waals surface area (Å²) in [5.41, 5.74) is 1.30. The lowest BCUT2D eigenvalue weighted by Gasteiger charge is -2.32. The van der Waals surface area contributed by atoms with Crippen LogP contribution in [0.1, 0.15) is 35.8 Å². The van der Waals surface area contributed by atoms with Gasteiger partial charge >= 0.3 is 0 Å². The zero-order chi connectivity index (χ0) is 14.7. The molecule has 0 spiro atoms. The summed E-state index contributed by atoms with van der Waals surface area (Å²) < 4.78 is 0. The standard InChI is InChI=1S/C14H18ClN3O2/c1-9-7-11(8-13(15)16-9)14(20)18-5-3-12(4-6-18)17-10(2)19/h7-8,12H,3-6H2,1-2H3,(H,17,19). The van der Waals surface area contributed by atoms with Gasteiger partial charge in [0.15, 0.2) is 0 Å². The monoisotopic (exact) mass is 295 g/mol. The highest BCUT2D eigenvalue weighted by Crippen LogP contribution is 2.16. The van der Waals surface area contributed by atoms with Crippen molar-refractivity contribution in [3.8, 4) is 0 Å². The Bertz CT molecular complexity index is 505. The van der Waals surface area contributed by atoms with Crippen molar-refractivity contribution in [3.05, 3.63) is 28.5 Å². The predicted octanol–water partition coefficient (Wildman–Crippen LogP) is 1.78. The Morgan fingerprint density at radius 3 is 2.55 bits per heavy atom. The Balaban J connectivity index is 1.99. The molecule has 0 radical (unpaired) electrons. The second kappa shape index (κ2) is 6.22. The number of nitrogens with zero attached hydrogens (tertiary/aromatic N) is 2. The average Bonchev–Trinajstić information content (AvgIpc) is 2.37. The number of aromatic nitrogens is 1. The molecule has 1 aromatic heterocycles. The molecule has 20 heavy (non-hydrogen) atoms. The Morgan fingerprint density at radius 1 is 1.35 bits per heavy atom. The Hall–Kier alpha value is -1.62. The molecule has 2 amide bonds. The van der Waals surface area contributed by atoms with Gasteiger partial charge in [0.05, 0.1) is 0 Å². The number of aryl methyl sites for hydroxylation is 1. The second-order valence-electron chi connectivity index (χ2n) is 5.09. The van der Waals surface area contributed by atoms with E-state index < -0.39 is 0 Å². The van der Waals surface area contributed by atoms with Crippen LogP contribution in [0.4, 0.5) is 0 Å². The molecular weight excluding hydrogens is 278 g/mol. The predicted molar refractivity (Wildman–Crippen MR) is 76.7 cm³/mol. The van der Waals surface area contributed by atoms with Gasteiger partial charge in [-0.3, -0.25) is 9.59 Å². The molecule has 1 aliphatic rings. The first-order chi connectivity index (χ1) is 9.45. The molecule has 5 nitrogen and oxygen atoms in total. The summed E-state index contributed by atoms with van der Waals surface area (Å²) in [5, 5.41) is 3.23. The molecular formula is C14H18ClN3O2. The third-order valence-corrected chi connectivity index (χ3v) is 3.55. The number of amides is 2. The summed E-state index contributed by atoms with van der Waals surface area (Å²) in [6, 6.07) is 3.50. The van der Waals surface area contributed by atoms with Gasteiger partial charge in [-0.1, -0.05) is 11.6 Å². The maximum Gasteiger partial charge on any atom is 0.254 e. The Kier molecular flexibility index (Phi) is 4.60. The molecule has 0 aliphatic carbocycles. The zero-order valence-electron chi connectivity index (χ0n) is 11.6. The van der Waals surface area contributed by atoms with Gasteiger partial charge in [0.1, 0.15) is 5.15 Å². The molecule has 1 aromatic rings. The van der Waals surface area contributed by atoms with E-state index in [0.29, 0.717) is 23.8 Å². The summed E-state index contributed by atoms with van der Waals surface area (Å²) in [5.74, 6) is -0.0509. The first kappa shape index (κ1) is 14.8. The van der Waals surface area contributed by atoms with Crippen molar-refractivity contribution in [2.45, 2.75) is 32.7 Å². The van der Waals surface area contributed by atoms with Crippen molar-refractivity contribution >= 4 is 23.4 Å². The number of piperidine rings is 1. The number of carbonyl (C=O) groups is 2. The van der Waals surface area contributed by atoms with Gasteiger partial charge in [-0.25, -0.2) is 4.98 Å². The van der Waals surface area contributed by atoms with Crippen molar-refractivity contribution in [1.82, 2.24) is 15.2 Å². The smallest absolute Gasteiger partial charge is 0.254 e. The molecule has 1 aliphatic heterocycles. The van der Waals surface area contributed by atoms with Gasteiger partial charge in [-0.05, 0) is 31.9 Å². The molecule has 0 saturated carbocycles. The van der Waals surface area contributed by atoms with Crippen LogP contribution in [0.2, 0.25) is 5.15 Å². The van der Waals surface area contributed by atoms with Gasteiger partial charge < -0.3 is 10.2 Å². The van der Waals surface area contributed by atoms with Gasteiger partial charge in [0.25, 0.3) is 5.91 Å². The summed E-state index contributed by atoms with van der Waals surface area (Å²) in [4.78, 5) is 29.2. The van der Waals surface area contributed by atoms with Gasteiger partial charge in [0, 0.05) is 37.3 Å². The molecule has 1 fully saturated rings. The van der Waals surface area contributed by atoms with Crippen molar-refractivity contribution in [2.75, 3.05) is 13.1 Å². The van der Waals surface area contributed by atoms with Crippen molar-refractivity contribution in [3.63, 3.8) is 0 Å². The van der Waals surface area contributed by atoms with Crippen molar-refractivity contribution in [2.24, 2.45) is 0 Å². The molecule has 0 bridgehead atoms. The Labute approximate surface area is 123 Å². The molecule has 2 rings (SSSR count). The topological polar surface area (TPSA) is 62.3 Å². The lowest BCUT2D eigenvalue weighted by atomic mass is 10.0. The minimum atomic E-state index is -0.0290. The highest BCUT2D eigenvalue weighted by Gasteiger charge is 2.24. The zero-order valence-corrected chi connectivity index (χ0v) is 12.4. The van der Waals surface area contributed by atoms with Crippen LogP contribution in [0.3, 0.4) is 0 Å². The number of pyridine rings is 1. The van der Waals surface area contributed by atoms with Gasteiger partial charge in [-0.15, -0.1) is 0 Å². The first-order valence-corrected chi connectivity index (χ1v) is 7.04. The van der Waals surface area contributed by atoms with E-state index in [4.69, 9.17) is 11.6 Å². The molecule has 1 N–H and O–H groups in total. The minimum Gasteiger partial charge on any atom is -0.353 e. The summed E-state index contributed by atoms with van der Waals surface area (Å²) in [6.45, 7) is 4.61. The number of halogens is 1. The highest BCUT2D eigenvalue weighted by molar-refractivity contribution is 6.29. The lowest BCUT2D eigenvalue weighted by Crippen LogP contribution is -2.46. The van der Waals surface area contributed by atoms with Crippen molar-refractivity contribution in [1.29, 1.82) is 0 Å². The van der Waals surface area contributed by atoms with Crippen LogP contribution in [0.5, 0.6) is 0 Å². The number of carbonyl (C=O) groups excluding carboxylic acids is 2. The summed E-state index contributed by atoms with van der Waals surface area (Å²) in [7, 11) is 0. The number of hydrogen-bond donors (Lipinski definition) is 1. The number of nitrogens with one attached hydrogen (secondary N) is 1. The lowest BCUT2D eigenvalue weighted by molar-refractivity contribution is -0.119. The average molecular weight is 296 g/mol. The molecule has 0 atom stereocenters. The maximum atomic E-state index is 12.4. The van der Waals surface area contributed by atoms with Crippen molar-refractivity contribution < 1.29 is 9.59 Å². The van der Waals surface area contributed by atoms with Crippen LogP contribution in [0.25, 0.3) is 0 Å². The molecule has 108 valence electrons. The largest absolute Gasteiger partial charge is 0.353 e. The fraction of sp³-hybridized carbons (Fsp3) is 0.500. The fourth-order valence-electron chi connectivity index (χ4n) is 2.45. The van der Waals surface area contributed by atoms with Gasteiger partial charge in [0.2, 0.25) is 5.91 Å². The van der Waals surface area contributed by atoms with E-state index in [0.717, 1.165) is 18.5 Å². The third kappa shape index (κ3) is 3.70. The highest BCUT2D eigenvalue weighted by atomic mass is 35.5. The SMILES string of the molecule is CC(=O)NC1CCN(C(=O)c2cc(C)nc(Cl)c2)CC1. The molecule has 0 unspecified atom stereocenters. The Morgan fingerprint density at radius 2 is 2.00 bits per heavy atom. The van der Waals surface area contributed by atoms with Crippen LogP contribution < -0.4 is 5.32 Å². The van der Waals surface area contributed by atoms with Crippen LogP contribution >= 0.6 is 11.6 Å². The van der Waals surface area contributed by atoms with E-state index in [-0.39, 0.29) is 17.9 Å². The number of likely N-dealkylation sites (tertiary alicyclic amines) is 1. The van der Waals surface area contributed by atoms with E-state index in [2.05, 4.69) is 10.3 Å². The van der Waals surface area contributed by atoms with Crippen LogP contribution in [-0.2, 0) is 4.79 Å². The molecule has 2 heterocycles. The van der Waals surface area contributed by atoms with Crippen LogP contribution in [0.15, 0.2) is 12.1 Å². The van der Waals surface area contributed by atoms with E-state index in [9.17, 15) is 9.59 Å². The van der Waals surface area contributed by atoms with E-state index in [1.165, 1.54) is 6.92 Å². The van der Waals surface area contributed by atoms with Crippen LogP contribution in [0, 0.1) is 6.92 Å². The van der Waals surface area contributed by atoms with Gasteiger partial charge in [-0.2, -0.15) is 0 Å². The first-order valence-electron chi connectivity index (χ1n) is 6.66. The van der Waals surface area contributed by atoms with Crippen LogP contribution in [-0.4, -0.2) is 40.8 Å². The van der Waals surface area contributed by atoms with E-state index >= 15 is 0 Å². The fourth-order valence-corrected chi connectivity index (χ4v) is 2.70. The minimum absolute atomic E-state index is 0.0219. The second-order valence-corrected chi connectivity index (χ2v) is 5.47. The quantitative estimate of drug-likeness (QED) is 0.846. The summed E-state index contributed by atoms with van der Waals surface area (Å²) >= 11 is 5.88. The maximum absolute atomic E-state index is 12.4. The molecule has 6 heteroatoms. The molecule has 1 saturated heterocycles. The van der Waals surface area contributed by atoms with E-state index in [1.807, 2.05) is 6.92 Å².